The molecule has 3 aromatic rings. The molecule has 4 heterocycles. The van der Waals surface area contributed by atoms with Gasteiger partial charge in [-0.2, -0.15) is 0 Å². The van der Waals surface area contributed by atoms with E-state index in [1.807, 2.05) is 41.1 Å². The highest BCUT2D eigenvalue weighted by Crippen LogP contribution is 2.38. The molecule has 2 aliphatic heterocycles. The molecule has 2 fully saturated rings. The number of aromatic nitrogens is 3. The number of hydrogen-bond donors (Lipinski definition) is 1. The zero-order valence-corrected chi connectivity index (χ0v) is 19.0. The third kappa shape index (κ3) is 3.69. The minimum atomic E-state index is -0.140. The van der Waals surface area contributed by atoms with Gasteiger partial charge in [0.05, 0.1) is 18.9 Å². The first-order chi connectivity index (χ1) is 16.1. The number of likely N-dealkylation sites (tertiary alicyclic amines) is 1. The van der Waals surface area contributed by atoms with Gasteiger partial charge < -0.3 is 9.88 Å². The summed E-state index contributed by atoms with van der Waals surface area (Å²) in [5.74, 6) is 2.31. The Bertz CT molecular complexity index is 1240. The largest absolute Gasteiger partial charge is 0.361 e. The Kier molecular flexibility index (Phi) is 4.93. The lowest BCUT2D eigenvalue weighted by atomic mass is 9.99. The molecule has 170 valence electrons. The van der Waals surface area contributed by atoms with Gasteiger partial charge in [-0.3, -0.25) is 14.5 Å². The van der Waals surface area contributed by atoms with Gasteiger partial charge in [0.1, 0.15) is 5.82 Å². The molecule has 0 radical (unpaired) electrons. The molecule has 1 saturated carbocycles. The molecule has 7 nitrogen and oxygen atoms in total. The van der Waals surface area contributed by atoms with Crippen LogP contribution >= 0.6 is 0 Å². The summed E-state index contributed by atoms with van der Waals surface area (Å²) in [6.45, 7) is 3.45. The number of aryl methyl sites for hydroxylation is 1. The number of carbonyl (C=O) groups is 2. The second-order valence-corrected chi connectivity index (χ2v) is 9.73. The van der Waals surface area contributed by atoms with Gasteiger partial charge >= 0.3 is 0 Å². The number of para-hydroxylation sites is 1. The normalized spacial score (nSPS) is 20.5. The number of hydrogen-bond acceptors (Lipinski definition) is 4. The van der Waals surface area contributed by atoms with Gasteiger partial charge in [0.2, 0.25) is 11.8 Å². The number of carbonyl (C=O) groups excluding carboxylic acids is 2. The zero-order chi connectivity index (χ0) is 22.5. The van der Waals surface area contributed by atoms with Crippen LogP contribution in [0.1, 0.15) is 60.8 Å². The molecule has 2 amide bonds. The van der Waals surface area contributed by atoms with Crippen LogP contribution in [0.3, 0.4) is 0 Å². The third-order valence-electron chi connectivity index (χ3n) is 7.37. The topological polar surface area (TPSA) is 82.2 Å². The van der Waals surface area contributed by atoms with E-state index in [1.165, 1.54) is 12.8 Å². The van der Waals surface area contributed by atoms with Crippen molar-refractivity contribution < 1.29 is 9.59 Å². The van der Waals surface area contributed by atoms with E-state index in [0.29, 0.717) is 24.6 Å². The smallest absolute Gasteiger partial charge is 0.232 e. The van der Waals surface area contributed by atoms with Gasteiger partial charge in [0.25, 0.3) is 0 Å². The Morgan fingerprint density at radius 2 is 2.00 bits per heavy atom. The first-order valence-electron chi connectivity index (χ1n) is 12.1. The highest BCUT2D eigenvalue weighted by atomic mass is 16.2. The number of H-pyrrole nitrogens is 1. The molecular weight excluding hydrogens is 414 g/mol. The summed E-state index contributed by atoms with van der Waals surface area (Å²) in [7, 11) is 0. The maximum Gasteiger partial charge on any atom is 0.232 e. The van der Waals surface area contributed by atoms with Crippen LogP contribution in [0.5, 0.6) is 0 Å². The Labute approximate surface area is 193 Å². The Balaban J connectivity index is 1.29. The maximum atomic E-state index is 13.5. The first kappa shape index (κ1) is 20.4. The van der Waals surface area contributed by atoms with E-state index in [0.717, 1.165) is 65.9 Å². The summed E-state index contributed by atoms with van der Waals surface area (Å²) in [4.78, 5) is 43.0. The van der Waals surface area contributed by atoms with Crippen molar-refractivity contribution in [3.05, 3.63) is 53.1 Å². The summed E-state index contributed by atoms with van der Waals surface area (Å²) < 4.78 is 0. The third-order valence-corrected chi connectivity index (χ3v) is 7.37. The number of rotatable bonds is 5. The van der Waals surface area contributed by atoms with E-state index in [-0.39, 0.29) is 17.9 Å². The molecule has 1 aromatic carbocycles. The number of benzene rings is 1. The van der Waals surface area contributed by atoms with Crippen LogP contribution in [-0.4, -0.2) is 44.8 Å². The van der Waals surface area contributed by atoms with Gasteiger partial charge in [-0.15, -0.1) is 0 Å². The highest BCUT2D eigenvalue weighted by Gasteiger charge is 2.37. The van der Waals surface area contributed by atoms with Crippen LogP contribution in [0.2, 0.25) is 0 Å². The Morgan fingerprint density at radius 1 is 1.15 bits per heavy atom. The summed E-state index contributed by atoms with van der Waals surface area (Å²) in [6.07, 6.45) is 7.97. The lowest BCUT2D eigenvalue weighted by Crippen LogP contribution is -2.40. The molecule has 0 bridgehead atoms. The number of nitrogens with zero attached hydrogens (tertiary/aromatic N) is 4. The minimum Gasteiger partial charge on any atom is -0.361 e. The summed E-state index contributed by atoms with van der Waals surface area (Å²) in [5, 5.41) is 1.10. The van der Waals surface area contributed by atoms with Crippen molar-refractivity contribution in [2.75, 3.05) is 18.0 Å². The second kappa shape index (κ2) is 7.97. The Hall–Kier alpha value is -3.22. The van der Waals surface area contributed by atoms with Crippen molar-refractivity contribution >= 4 is 28.5 Å². The van der Waals surface area contributed by atoms with Crippen LogP contribution in [0.25, 0.3) is 10.9 Å². The summed E-state index contributed by atoms with van der Waals surface area (Å²) >= 11 is 0. The first-order valence-corrected chi connectivity index (χ1v) is 12.1. The molecule has 1 saturated heterocycles. The number of amides is 2. The fraction of sp³-hybridized carbons (Fsp3) is 0.462. The number of aromatic amines is 1. The standard InChI is InChI=1S/C26H29N5O2/c1-16-20-13-24(33)31(15-17-9-10-17)26(20)29-25(28-16)22-8-4-5-11-30(22)23(32)12-18-14-27-21-7-3-2-6-19(18)21/h2-3,6-7,14,17,22,27H,4-5,8-13,15H2,1H3. The van der Waals surface area contributed by atoms with Crippen LogP contribution in [0.4, 0.5) is 5.82 Å². The average molecular weight is 444 g/mol. The lowest BCUT2D eigenvalue weighted by Gasteiger charge is -2.35. The van der Waals surface area contributed by atoms with E-state index in [9.17, 15) is 9.59 Å². The van der Waals surface area contributed by atoms with Crippen molar-refractivity contribution in [3.63, 3.8) is 0 Å². The average Bonchev–Trinajstić information content (AvgIpc) is 3.48. The van der Waals surface area contributed by atoms with E-state index in [4.69, 9.17) is 9.97 Å². The molecule has 1 N–H and O–H groups in total. The predicted octanol–water partition coefficient (Wildman–Crippen LogP) is 3.86. The van der Waals surface area contributed by atoms with Crippen molar-refractivity contribution in [2.24, 2.45) is 5.92 Å². The van der Waals surface area contributed by atoms with Crippen LogP contribution in [0.15, 0.2) is 30.5 Å². The van der Waals surface area contributed by atoms with E-state index in [1.54, 1.807) is 0 Å². The second-order valence-electron chi connectivity index (χ2n) is 9.73. The fourth-order valence-corrected chi connectivity index (χ4v) is 5.33. The molecule has 1 atom stereocenters. The van der Waals surface area contributed by atoms with E-state index >= 15 is 0 Å². The lowest BCUT2D eigenvalue weighted by molar-refractivity contribution is -0.134. The van der Waals surface area contributed by atoms with Crippen LogP contribution in [-0.2, 0) is 22.4 Å². The summed E-state index contributed by atoms with van der Waals surface area (Å²) in [5.41, 5.74) is 3.90. The van der Waals surface area contributed by atoms with Crippen molar-refractivity contribution in [3.8, 4) is 0 Å². The number of nitrogens with one attached hydrogen (secondary N) is 1. The number of fused-ring (bicyclic) bond motifs is 2. The molecule has 33 heavy (non-hydrogen) atoms. The fourth-order valence-electron chi connectivity index (χ4n) is 5.33. The minimum absolute atomic E-state index is 0.108. The molecule has 7 heteroatoms. The number of anilines is 1. The van der Waals surface area contributed by atoms with Crippen LogP contribution < -0.4 is 4.90 Å². The molecular formula is C26H29N5O2. The predicted molar refractivity (Wildman–Crippen MR) is 126 cm³/mol. The highest BCUT2D eigenvalue weighted by molar-refractivity contribution is 6.00. The van der Waals surface area contributed by atoms with Gasteiger partial charge in [-0.25, -0.2) is 9.97 Å². The Morgan fingerprint density at radius 3 is 2.85 bits per heavy atom. The van der Waals surface area contributed by atoms with Crippen LogP contribution in [0, 0.1) is 12.8 Å². The van der Waals surface area contributed by atoms with Gasteiger partial charge in [-0.1, -0.05) is 18.2 Å². The molecule has 6 rings (SSSR count). The number of piperidine rings is 1. The monoisotopic (exact) mass is 443 g/mol. The molecule has 3 aliphatic rings. The quantitative estimate of drug-likeness (QED) is 0.649. The van der Waals surface area contributed by atoms with Gasteiger partial charge in [0, 0.05) is 41.4 Å². The maximum absolute atomic E-state index is 13.5. The van der Waals surface area contributed by atoms with Gasteiger partial charge in [-0.05, 0) is 56.6 Å². The van der Waals surface area contributed by atoms with E-state index in [2.05, 4.69) is 11.1 Å². The molecule has 1 unspecified atom stereocenters. The molecule has 0 spiro atoms. The van der Waals surface area contributed by atoms with E-state index < -0.39 is 0 Å². The van der Waals surface area contributed by atoms with Crippen molar-refractivity contribution in [1.29, 1.82) is 0 Å². The zero-order valence-electron chi connectivity index (χ0n) is 19.0. The van der Waals surface area contributed by atoms with Gasteiger partial charge in [0.15, 0.2) is 5.82 Å². The SMILES string of the molecule is Cc1nc(C2CCCCN2C(=O)Cc2c[nH]c3ccccc23)nc2c1CC(=O)N2CC1CC1. The summed E-state index contributed by atoms with van der Waals surface area (Å²) in [6, 6.07) is 7.95. The molecule has 1 aliphatic carbocycles. The molecule has 2 aromatic heterocycles. The van der Waals surface area contributed by atoms with Crippen molar-refractivity contribution in [1.82, 2.24) is 19.9 Å². The van der Waals surface area contributed by atoms with Crippen molar-refractivity contribution in [2.45, 2.75) is 57.9 Å².